The zero-order valence-electron chi connectivity index (χ0n) is 19.5. The molecule has 178 valence electrons. The number of aromatic nitrogens is 1. The van der Waals surface area contributed by atoms with Crippen LogP contribution in [0.25, 0.3) is 11.1 Å². The van der Waals surface area contributed by atoms with Crippen LogP contribution >= 0.6 is 0 Å². The minimum absolute atomic E-state index is 0. The van der Waals surface area contributed by atoms with E-state index >= 15 is 0 Å². The summed E-state index contributed by atoms with van der Waals surface area (Å²) in [5.41, 5.74) is 3.32. The summed E-state index contributed by atoms with van der Waals surface area (Å²) in [6, 6.07) is 15.3. The number of halogens is 3. The minimum Gasteiger partial charge on any atom is -0.550 e. The molecule has 0 amide bonds. The average molecular weight is 493 g/mol. The molecule has 0 aliphatic heterocycles. The van der Waals surface area contributed by atoms with Gasteiger partial charge in [-0.15, -0.1) is 0 Å². The molecule has 0 unspecified atom stereocenters. The standard InChI is InChI=1S/C26H24F3NO4.Na/c1-2-33-23(14-25(31)32)16-6-9-18(10-7-16)34-22-12-11-20-19(4-3-5-21(20)22)17-8-13-24(30-15-17)26(27,28)29;/h3-10,13,15,22-23H,2,11-12,14H2,1H3,(H,31,32);/q;+1/p-1/t22-,23+;/m1./s1. The molecule has 2 atom stereocenters. The first-order valence-corrected chi connectivity index (χ1v) is 11.0. The Hall–Kier alpha value is -2.39. The monoisotopic (exact) mass is 493 g/mol. The summed E-state index contributed by atoms with van der Waals surface area (Å²) >= 11 is 0. The number of carboxylic acids is 1. The average Bonchev–Trinajstić information content (AvgIpc) is 3.21. The van der Waals surface area contributed by atoms with E-state index in [1.165, 1.54) is 12.3 Å². The molecule has 0 bridgehead atoms. The number of rotatable bonds is 8. The second-order valence-electron chi connectivity index (χ2n) is 8.04. The second-order valence-corrected chi connectivity index (χ2v) is 8.04. The molecule has 0 fully saturated rings. The summed E-state index contributed by atoms with van der Waals surface area (Å²) in [5.74, 6) is -0.549. The number of alkyl halides is 3. The molecule has 4 rings (SSSR count). The number of pyridine rings is 1. The Labute approximate surface area is 223 Å². The van der Waals surface area contributed by atoms with Crippen LogP contribution in [-0.2, 0) is 22.1 Å². The van der Waals surface area contributed by atoms with E-state index in [0.29, 0.717) is 17.9 Å². The van der Waals surface area contributed by atoms with Gasteiger partial charge in [-0.3, -0.25) is 4.98 Å². The van der Waals surface area contributed by atoms with Gasteiger partial charge in [-0.2, -0.15) is 13.2 Å². The van der Waals surface area contributed by atoms with Crippen molar-refractivity contribution in [2.75, 3.05) is 6.61 Å². The van der Waals surface area contributed by atoms with Gasteiger partial charge >= 0.3 is 35.7 Å². The van der Waals surface area contributed by atoms with E-state index in [4.69, 9.17) is 9.47 Å². The van der Waals surface area contributed by atoms with Crippen LogP contribution < -0.4 is 39.4 Å². The van der Waals surface area contributed by atoms with Crippen LogP contribution in [0.3, 0.4) is 0 Å². The fourth-order valence-corrected chi connectivity index (χ4v) is 4.28. The number of benzene rings is 2. The number of hydrogen-bond donors (Lipinski definition) is 0. The zero-order chi connectivity index (χ0) is 24.3. The third-order valence-corrected chi connectivity index (χ3v) is 5.83. The van der Waals surface area contributed by atoms with Crippen molar-refractivity contribution in [3.63, 3.8) is 0 Å². The van der Waals surface area contributed by atoms with Crippen molar-refractivity contribution >= 4 is 5.97 Å². The summed E-state index contributed by atoms with van der Waals surface area (Å²) in [7, 11) is 0. The van der Waals surface area contributed by atoms with Gasteiger partial charge in [-0.1, -0.05) is 36.4 Å². The van der Waals surface area contributed by atoms with E-state index in [-0.39, 0.29) is 42.1 Å². The summed E-state index contributed by atoms with van der Waals surface area (Å²) in [6.07, 6.45) is -2.77. The molecule has 0 saturated carbocycles. The maximum absolute atomic E-state index is 12.8. The predicted molar refractivity (Wildman–Crippen MR) is 117 cm³/mol. The van der Waals surface area contributed by atoms with Crippen LogP contribution in [0.4, 0.5) is 13.2 Å². The SMILES string of the molecule is CCO[C@@H](CC(=O)[O-])c1ccc(O[C@@H]2CCc3c(-c4ccc(C(F)(F)F)nc4)cccc32)cc1.[Na+]. The van der Waals surface area contributed by atoms with E-state index in [1.54, 1.807) is 31.2 Å². The van der Waals surface area contributed by atoms with Crippen molar-refractivity contribution in [3.05, 3.63) is 83.2 Å². The maximum atomic E-state index is 12.8. The largest absolute Gasteiger partial charge is 1.00 e. The molecule has 0 N–H and O–H groups in total. The fourth-order valence-electron chi connectivity index (χ4n) is 4.28. The van der Waals surface area contributed by atoms with Crippen LogP contribution in [0.15, 0.2) is 60.8 Å². The van der Waals surface area contributed by atoms with Crippen LogP contribution in [0.2, 0.25) is 0 Å². The molecule has 5 nitrogen and oxygen atoms in total. The van der Waals surface area contributed by atoms with Crippen LogP contribution in [0.5, 0.6) is 5.75 Å². The quantitative estimate of drug-likeness (QED) is 0.450. The van der Waals surface area contributed by atoms with Gasteiger partial charge in [0.2, 0.25) is 0 Å². The van der Waals surface area contributed by atoms with Crippen LogP contribution in [0.1, 0.15) is 54.4 Å². The van der Waals surface area contributed by atoms with Gasteiger partial charge in [0.15, 0.2) is 0 Å². The number of carbonyl (C=O) groups excluding carboxylic acids is 1. The van der Waals surface area contributed by atoms with Crippen molar-refractivity contribution in [3.8, 4) is 16.9 Å². The first-order chi connectivity index (χ1) is 16.3. The number of fused-ring (bicyclic) bond motifs is 1. The van der Waals surface area contributed by atoms with Gasteiger partial charge < -0.3 is 19.4 Å². The molecule has 0 radical (unpaired) electrons. The maximum Gasteiger partial charge on any atom is 1.00 e. The predicted octanol–water partition coefficient (Wildman–Crippen LogP) is 2.06. The molecule has 3 aromatic rings. The Morgan fingerprint density at radius 3 is 2.49 bits per heavy atom. The Balaban J connectivity index is 0.00000342. The first kappa shape index (κ1) is 27.2. The number of carboxylic acid groups (broad SMARTS) is 1. The summed E-state index contributed by atoms with van der Waals surface area (Å²) < 4.78 is 50.3. The van der Waals surface area contributed by atoms with Crippen molar-refractivity contribution in [2.45, 2.75) is 44.6 Å². The zero-order valence-corrected chi connectivity index (χ0v) is 21.5. The number of carbonyl (C=O) groups is 1. The number of hydrogen-bond acceptors (Lipinski definition) is 5. The molecule has 0 spiro atoms. The van der Waals surface area contributed by atoms with Crippen molar-refractivity contribution in [1.29, 1.82) is 0 Å². The van der Waals surface area contributed by atoms with Gasteiger partial charge in [-0.05, 0) is 60.2 Å². The molecule has 1 aliphatic carbocycles. The Morgan fingerprint density at radius 2 is 1.89 bits per heavy atom. The Kier molecular flexibility index (Phi) is 8.99. The van der Waals surface area contributed by atoms with E-state index < -0.39 is 23.9 Å². The molecular formula is C26H23F3NNaO4. The third kappa shape index (κ3) is 6.44. The summed E-state index contributed by atoms with van der Waals surface area (Å²) in [4.78, 5) is 14.6. The molecule has 1 aromatic heterocycles. The smallest absolute Gasteiger partial charge is 0.550 e. The van der Waals surface area contributed by atoms with Gasteiger partial charge in [0.05, 0.1) is 6.10 Å². The number of aliphatic carboxylic acids is 1. The fraction of sp³-hybridized carbons (Fsp3) is 0.308. The third-order valence-electron chi connectivity index (χ3n) is 5.83. The molecule has 2 aromatic carbocycles. The van der Waals surface area contributed by atoms with E-state index in [1.807, 2.05) is 18.2 Å². The summed E-state index contributed by atoms with van der Waals surface area (Å²) in [5, 5.41) is 11.0. The van der Waals surface area contributed by atoms with Gasteiger partial charge in [-0.25, -0.2) is 0 Å². The van der Waals surface area contributed by atoms with E-state index in [0.717, 1.165) is 41.2 Å². The topological polar surface area (TPSA) is 71.5 Å². The Morgan fingerprint density at radius 1 is 1.14 bits per heavy atom. The van der Waals surface area contributed by atoms with Gasteiger partial charge in [0, 0.05) is 30.8 Å². The second kappa shape index (κ2) is 11.6. The van der Waals surface area contributed by atoms with Gasteiger partial charge in [0.25, 0.3) is 0 Å². The van der Waals surface area contributed by atoms with Crippen LogP contribution in [0, 0.1) is 0 Å². The molecule has 9 heteroatoms. The summed E-state index contributed by atoms with van der Waals surface area (Å²) in [6.45, 7) is 2.18. The first-order valence-electron chi connectivity index (χ1n) is 11.0. The minimum atomic E-state index is -4.47. The Bertz CT molecular complexity index is 1150. The van der Waals surface area contributed by atoms with Gasteiger partial charge in [0.1, 0.15) is 17.5 Å². The number of ether oxygens (including phenoxy) is 2. The normalized spacial score (nSPS) is 15.7. The number of nitrogens with zero attached hydrogens (tertiary/aromatic N) is 1. The molecule has 0 saturated heterocycles. The molecule has 1 aliphatic rings. The van der Waals surface area contributed by atoms with Crippen molar-refractivity contribution < 1.29 is 62.1 Å². The molecule has 1 heterocycles. The molecular weight excluding hydrogens is 470 g/mol. The van der Waals surface area contributed by atoms with E-state index in [9.17, 15) is 23.1 Å². The van der Waals surface area contributed by atoms with E-state index in [2.05, 4.69) is 4.98 Å². The van der Waals surface area contributed by atoms with Crippen molar-refractivity contribution in [1.82, 2.24) is 4.98 Å². The van der Waals surface area contributed by atoms with Crippen LogP contribution in [-0.4, -0.2) is 17.6 Å². The molecule has 35 heavy (non-hydrogen) atoms. The van der Waals surface area contributed by atoms with Crippen molar-refractivity contribution in [2.24, 2.45) is 0 Å².